The van der Waals surface area contributed by atoms with E-state index < -0.39 is 0 Å². The van der Waals surface area contributed by atoms with Crippen molar-refractivity contribution in [3.05, 3.63) is 267 Å². The summed E-state index contributed by atoms with van der Waals surface area (Å²) in [6, 6.07) is 97.1. The van der Waals surface area contributed by atoms with Gasteiger partial charge in [-0.1, -0.05) is 194 Å². The second kappa shape index (κ2) is 16.8. The second-order valence-corrected chi connectivity index (χ2v) is 17.0. The van der Waals surface area contributed by atoms with E-state index in [4.69, 9.17) is 0 Å². The zero-order chi connectivity index (χ0) is 43.8. The molecule has 310 valence electrons. The Hall–Kier alpha value is -8.72. The van der Waals surface area contributed by atoms with E-state index in [1.54, 1.807) is 0 Å². The van der Waals surface area contributed by atoms with Crippen molar-refractivity contribution in [1.82, 2.24) is 0 Å². The Morgan fingerprint density at radius 2 is 0.667 bits per heavy atom. The van der Waals surface area contributed by atoms with E-state index in [9.17, 15) is 0 Å². The molecular weight excluding hydrogens is 797 g/mol. The summed E-state index contributed by atoms with van der Waals surface area (Å²) in [6.45, 7) is 0. The maximum Gasteiger partial charge on any atom is 0.0567 e. The fourth-order valence-electron chi connectivity index (χ4n) is 9.74. The fourth-order valence-corrected chi connectivity index (χ4v) is 9.74. The molecular formula is C64H44N2. The predicted octanol–water partition coefficient (Wildman–Crippen LogP) is 18.2. The summed E-state index contributed by atoms with van der Waals surface area (Å²) in [6.07, 6.45) is 0. The van der Waals surface area contributed by atoms with Gasteiger partial charge >= 0.3 is 0 Å². The third kappa shape index (κ3) is 7.21. The lowest BCUT2D eigenvalue weighted by Gasteiger charge is -2.31. The van der Waals surface area contributed by atoms with E-state index in [-0.39, 0.29) is 0 Å². The summed E-state index contributed by atoms with van der Waals surface area (Å²) in [5, 5.41) is 9.73. The van der Waals surface area contributed by atoms with Crippen LogP contribution in [-0.4, -0.2) is 0 Å². The van der Waals surface area contributed by atoms with Gasteiger partial charge in [0.25, 0.3) is 0 Å². The maximum absolute atomic E-state index is 2.44. The Labute approximate surface area is 385 Å². The molecule has 12 aromatic rings. The Morgan fingerprint density at radius 1 is 0.212 bits per heavy atom. The van der Waals surface area contributed by atoms with Gasteiger partial charge in [0.15, 0.2) is 0 Å². The molecule has 2 nitrogen and oxygen atoms in total. The average molecular weight is 841 g/mol. The Bertz CT molecular complexity index is 3680. The fraction of sp³-hybridized carbons (Fsp3) is 0. The molecule has 0 saturated carbocycles. The van der Waals surface area contributed by atoms with E-state index in [1.807, 2.05) is 0 Å². The molecule has 0 amide bonds. The van der Waals surface area contributed by atoms with Crippen LogP contribution in [0.1, 0.15) is 0 Å². The normalized spacial score (nSPS) is 11.3. The number of fused-ring (bicyclic) bond motifs is 5. The molecule has 0 aliphatic rings. The van der Waals surface area contributed by atoms with Crippen molar-refractivity contribution >= 4 is 77.2 Å². The van der Waals surface area contributed by atoms with Crippen LogP contribution in [0.25, 0.3) is 76.5 Å². The van der Waals surface area contributed by atoms with Gasteiger partial charge in [-0.2, -0.15) is 0 Å². The highest BCUT2D eigenvalue weighted by Crippen LogP contribution is 2.48. The van der Waals surface area contributed by atoms with Crippen molar-refractivity contribution in [1.29, 1.82) is 0 Å². The largest absolute Gasteiger partial charge is 0.310 e. The Balaban J connectivity index is 1.07. The van der Waals surface area contributed by atoms with Crippen molar-refractivity contribution < 1.29 is 0 Å². The molecule has 12 rings (SSSR count). The van der Waals surface area contributed by atoms with Crippen LogP contribution in [0, 0.1) is 0 Å². The van der Waals surface area contributed by atoms with Crippen LogP contribution < -0.4 is 9.80 Å². The maximum atomic E-state index is 2.44. The number of benzene rings is 12. The van der Waals surface area contributed by atoms with Gasteiger partial charge in [0.1, 0.15) is 0 Å². The molecule has 0 bridgehead atoms. The first kappa shape index (κ1) is 38.9. The van der Waals surface area contributed by atoms with Crippen molar-refractivity contribution in [3.8, 4) is 33.4 Å². The lowest BCUT2D eigenvalue weighted by Crippen LogP contribution is -2.14. The van der Waals surface area contributed by atoms with Crippen molar-refractivity contribution in [2.24, 2.45) is 0 Å². The van der Waals surface area contributed by atoms with Crippen LogP contribution in [0.5, 0.6) is 0 Å². The van der Waals surface area contributed by atoms with Crippen LogP contribution in [-0.2, 0) is 0 Å². The van der Waals surface area contributed by atoms with Crippen LogP contribution in [0.2, 0.25) is 0 Å². The van der Waals surface area contributed by atoms with Crippen LogP contribution in [0.3, 0.4) is 0 Å². The molecule has 0 aliphatic carbocycles. The SMILES string of the molecule is c1ccc(-c2cccc3c2ccc2cc(N(c4ccccc4)c4ccc(-c5ccc6ccccc6c5)cc4)cc(N(c4ccccc4)c4ccc(-c5ccc6ccccc6c5)cc4)c23)cc1. The molecule has 12 aromatic carbocycles. The molecule has 0 radical (unpaired) electrons. The molecule has 0 fully saturated rings. The number of nitrogens with zero attached hydrogens (tertiary/aromatic N) is 2. The van der Waals surface area contributed by atoms with Crippen molar-refractivity contribution in [3.63, 3.8) is 0 Å². The molecule has 0 N–H and O–H groups in total. The third-order valence-electron chi connectivity index (χ3n) is 13.0. The van der Waals surface area contributed by atoms with Crippen LogP contribution >= 0.6 is 0 Å². The molecule has 66 heavy (non-hydrogen) atoms. The van der Waals surface area contributed by atoms with Gasteiger partial charge < -0.3 is 9.80 Å². The lowest BCUT2D eigenvalue weighted by molar-refractivity contribution is 1.26. The number of para-hydroxylation sites is 2. The summed E-state index contributed by atoms with van der Waals surface area (Å²) in [7, 11) is 0. The first-order valence-corrected chi connectivity index (χ1v) is 22.7. The summed E-state index contributed by atoms with van der Waals surface area (Å²) >= 11 is 0. The highest BCUT2D eigenvalue weighted by molar-refractivity contribution is 6.19. The molecule has 0 spiro atoms. The molecule has 0 unspecified atom stereocenters. The summed E-state index contributed by atoms with van der Waals surface area (Å²) < 4.78 is 0. The molecule has 0 saturated heterocycles. The predicted molar refractivity (Wildman–Crippen MR) is 282 cm³/mol. The van der Waals surface area contributed by atoms with E-state index in [2.05, 4.69) is 277 Å². The van der Waals surface area contributed by atoms with Gasteiger partial charge in [-0.3, -0.25) is 0 Å². The minimum Gasteiger partial charge on any atom is -0.310 e. The average Bonchev–Trinajstić information content (AvgIpc) is 3.39. The number of rotatable bonds is 9. The van der Waals surface area contributed by atoms with E-state index in [1.165, 1.54) is 71.1 Å². The van der Waals surface area contributed by atoms with E-state index >= 15 is 0 Å². The van der Waals surface area contributed by atoms with Gasteiger partial charge in [-0.25, -0.2) is 0 Å². The monoisotopic (exact) mass is 840 g/mol. The van der Waals surface area contributed by atoms with Crippen LogP contribution in [0.4, 0.5) is 34.1 Å². The summed E-state index contributed by atoms with van der Waals surface area (Å²) in [4.78, 5) is 4.83. The number of hydrogen-bond acceptors (Lipinski definition) is 2. The van der Waals surface area contributed by atoms with Crippen LogP contribution in [0.15, 0.2) is 267 Å². The molecule has 2 heteroatoms. The molecule has 0 aliphatic heterocycles. The highest BCUT2D eigenvalue weighted by atomic mass is 15.2. The topological polar surface area (TPSA) is 6.48 Å². The van der Waals surface area contributed by atoms with E-state index in [0.717, 1.165) is 39.5 Å². The van der Waals surface area contributed by atoms with Gasteiger partial charge in [0, 0.05) is 33.8 Å². The van der Waals surface area contributed by atoms with Gasteiger partial charge in [0.2, 0.25) is 0 Å². The quantitative estimate of drug-likeness (QED) is 0.134. The smallest absolute Gasteiger partial charge is 0.0567 e. The number of hydrogen-bond donors (Lipinski definition) is 0. The zero-order valence-electron chi connectivity index (χ0n) is 36.3. The van der Waals surface area contributed by atoms with E-state index in [0.29, 0.717) is 0 Å². The molecule has 0 aromatic heterocycles. The summed E-state index contributed by atoms with van der Waals surface area (Å²) in [5.74, 6) is 0. The second-order valence-electron chi connectivity index (χ2n) is 17.0. The first-order chi connectivity index (χ1) is 32.7. The van der Waals surface area contributed by atoms with Crippen molar-refractivity contribution in [2.45, 2.75) is 0 Å². The minimum absolute atomic E-state index is 1.06. The van der Waals surface area contributed by atoms with Gasteiger partial charge in [-0.15, -0.1) is 0 Å². The summed E-state index contributed by atoms with van der Waals surface area (Å²) in [5.41, 5.74) is 13.6. The first-order valence-electron chi connectivity index (χ1n) is 22.7. The molecule has 0 atom stereocenters. The zero-order valence-corrected chi connectivity index (χ0v) is 36.3. The highest BCUT2D eigenvalue weighted by Gasteiger charge is 2.22. The third-order valence-corrected chi connectivity index (χ3v) is 13.0. The van der Waals surface area contributed by atoms with Gasteiger partial charge in [0.05, 0.1) is 5.69 Å². The standard InChI is InChI=1S/C64H44N2/c1-4-17-49(18-5-1)60-25-14-26-62-61(60)40-35-54-43-59(65(55-21-6-2-7-22-55)57-36-31-47(32-37-57)52-29-27-45-15-10-12-19-50(45)41-52)44-63(64(54)62)66(56-23-8-3-9-24-56)58-38-33-48(34-39-58)53-30-28-46-16-11-13-20-51(46)42-53/h1-44H. The minimum atomic E-state index is 1.06. The number of anilines is 6. The molecule has 0 heterocycles. The van der Waals surface area contributed by atoms with Gasteiger partial charge in [-0.05, 0) is 144 Å². The lowest BCUT2D eigenvalue weighted by atomic mass is 9.93. The Kier molecular flexibility index (Phi) is 9.89. The van der Waals surface area contributed by atoms with Crippen molar-refractivity contribution in [2.75, 3.05) is 9.80 Å². The Morgan fingerprint density at radius 3 is 1.24 bits per heavy atom.